The van der Waals surface area contributed by atoms with Gasteiger partial charge in [0.15, 0.2) is 11.5 Å². The number of amides is 1. The topological polar surface area (TPSA) is 62.5 Å². The van der Waals surface area contributed by atoms with Crippen molar-refractivity contribution in [3.05, 3.63) is 65.9 Å². The van der Waals surface area contributed by atoms with Crippen molar-refractivity contribution < 1.29 is 9.18 Å². The summed E-state index contributed by atoms with van der Waals surface area (Å²) in [4.78, 5) is 14.7. The predicted molar refractivity (Wildman–Crippen MR) is 109 cm³/mol. The fourth-order valence-electron chi connectivity index (χ4n) is 4.19. The Kier molecular flexibility index (Phi) is 5.85. The van der Waals surface area contributed by atoms with Crippen molar-refractivity contribution in [2.45, 2.75) is 38.3 Å². The molecule has 2 heterocycles. The maximum atomic E-state index is 13.3. The predicted octanol–water partition coefficient (Wildman–Crippen LogP) is 3.35. The maximum Gasteiger partial charge on any atom is 0.234 e. The quantitative estimate of drug-likeness (QED) is 0.666. The van der Waals surface area contributed by atoms with Gasteiger partial charge in [-0.25, -0.2) is 4.39 Å². The minimum Gasteiger partial charge on any atom is -0.348 e. The maximum absolute atomic E-state index is 13.3. The molecule has 0 unspecified atom stereocenters. The van der Waals surface area contributed by atoms with E-state index in [1.165, 1.54) is 25.0 Å². The highest BCUT2D eigenvalue weighted by Crippen LogP contribution is 2.35. The third kappa shape index (κ3) is 4.62. The van der Waals surface area contributed by atoms with Crippen LogP contribution in [-0.2, 0) is 11.3 Å². The Morgan fingerprint density at radius 1 is 1.21 bits per heavy atom. The lowest BCUT2D eigenvalue weighted by molar-refractivity contribution is -0.123. The molecule has 0 aliphatic heterocycles. The smallest absolute Gasteiger partial charge is 0.234 e. The van der Waals surface area contributed by atoms with Gasteiger partial charge in [-0.2, -0.15) is 0 Å². The Morgan fingerprint density at radius 2 is 1.97 bits per heavy atom. The molecule has 7 heteroatoms. The first-order valence-electron chi connectivity index (χ1n) is 10.1. The number of fused-ring (bicyclic) bond motifs is 1. The van der Waals surface area contributed by atoms with E-state index in [1.54, 1.807) is 12.1 Å². The number of pyridine rings is 1. The number of hydrogen-bond donors (Lipinski definition) is 1. The number of benzene rings is 1. The van der Waals surface area contributed by atoms with Gasteiger partial charge in [0, 0.05) is 6.20 Å². The minimum atomic E-state index is -0.259. The van der Waals surface area contributed by atoms with E-state index in [4.69, 9.17) is 0 Å². The Morgan fingerprint density at radius 3 is 2.72 bits per heavy atom. The van der Waals surface area contributed by atoms with Gasteiger partial charge in [0.1, 0.15) is 5.82 Å². The second-order valence-corrected chi connectivity index (χ2v) is 7.86. The summed E-state index contributed by atoms with van der Waals surface area (Å²) in [5.74, 6) is 0.894. The van der Waals surface area contributed by atoms with Crippen LogP contribution in [0.15, 0.2) is 48.7 Å². The van der Waals surface area contributed by atoms with Crippen molar-refractivity contribution in [3.8, 4) is 0 Å². The monoisotopic (exact) mass is 395 g/mol. The molecule has 1 aliphatic rings. The Balaban J connectivity index is 1.41. The molecule has 2 aromatic heterocycles. The number of halogens is 1. The minimum absolute atomic E-state index is 0.0393. The SMILES string of the molecule is CN(CC(=O)N[C@@H](c1ccc(F)cc1)C1CCCC1)Cc1nnc2ccccn12. The number of aromatic nitrogens is 3. The first kappa shape index (κ1) is 19.5. The van der Waals surface area contributed by atoms with E-state index in [9.17, 15) is 9.18 Å². The summed E-state index contributed by atoms with van der Waals surface area (Å²) in [6.07, 6.45) is 6.45. The summed E-state index contributed by atoms with van der Waals surface area (Å²) in [6.45, 7) is 0.773. The van der Waals surface area contributed by atoms with E-state index in [0.29, 0.717) is 12.5 Å². The van der Waals surface area contributed by atoms with Gasteiger partial charge in [-0.15, -0.1) is 10.2 Å². The van der Waals surface area contributed by atoms with Crippen LogP contribution in [0.5, 0.6) is 0 Å². The standard InChI is InChI=1S/C22H26FN5O/c1-27(14-20-26-25-19-8-4-5-13-28(19)20)15-21(29)24-22(16-6-2-3-7-16)17-9-11-18(23)12-10-17/h4-5,8-13,16,22H,2-3,6-7,14-15H2,1H3,(H,24,29)/t22-/m1/s1. The first-order valence-corrected chi connectivity index (χ1v) is 10.1. The lowest BCUT2D eigenvalue weighted by Crippen LogP contribution is -2.39. The molecule has 1 saturated carbocycles. The number of nitrogens with zero attached hydrogens (tertiary/aromatic N) is 4. The summed E-state index contributed by atoms with van der Waals surface area (Å²) in [6, 6.07) is 12.2. The third-order valence-corrected chi connectivity index (χ3v) is 5.63. The number of carbonyl (C=O) groups excluding carboxylic acids is 1. The molecule has 0 bridgehead atoms. The fourth-order valence-corrected chi connectivity index (χ4v) is 4.19. The highest BCUT2D eigenvalue weighted by Gasteiger charge is 2.28. The molecule has 1 fully saturated rings. The molecule has 1 N–H and O–H groups in total. The van der Waals surface area contributed by atoms with Crippen molar-refractivity contribution in [1.82, 2.24) is 24.8 Å². The second kappa shape index (κ2) is 8.69. The van der Waals surface area contributed by atoms with Crippen molar-refractivity contribution in [1.29, 1.82) is 0 Å². The van der Waals surface area contributed by atoms with Crippen LogP contribution in [0, 0.1) is 11.7 Å². The van der Waals surface area contributed by atoms with Crippen LogP contribution in [0.4, 0.5) is 4.39 Å². The van der Waals surface area contributed by atoms with Crippen LogP contribution >= 0.6 is 0 Å². The number of nitrogens with one attached hydrogen (secondary N) is 1. The Bertz CT molecular complexity index is 965. The summed E-state index contributed by atoms with van der Waals surface area (Å²) < 4.78 is 15.3. The van der Waals surface area contributed by atoms with Crippen LogP contribution in [0.25, 0.3) is 5.65 Å². The average Bonchev–Trinajstić information content (AvgIpc) is 3.38. The van der Waals surface area contributed by atoms with E-state index in [1.807, 2.05) is 40.7 Å². The van der Waals surface area contributed by atoms with Crippen LogP contribution in [0.2, 0.25) is 0 Å². The molecular formula is C22H26FN5O. The number of carbonyl (C=O) groups is 1. The normalized spacial score (nSPS) is 15.8. The van der Waals surface area contributed by atoms with Gasteiger partial charge in [-0.05, 0) is 55.6 Å². The Labute approximate surface area is 169 Å². The third-order valence-electron chi connectivity index (χ3n) is 5.63. The second-order valence-electron chi connectivity index (χ2n) is 7.86. The molecule has 1 amide bonds. The molecule has 0 saturated heterocycles. The van der Waals surface area contributed by atoms with Crippen LogP contribution in [-0.4, -0.2) is 39.0 Å². The molecule has 3 aromatic rings. The van der Waals surface area contributed by atoms with Crippen LogP contribution < -0.4 is 5.32 Å². The van der Waals surface area contributed by atoms with Crippen molar-refractivity contribution >= 4 is 11.6 Å². The summed E-state index contributed by atoms with van der Waals surface area (Å²) >= 11 is 0. The largest absolute Gasteiger partial charge is 0.348 e. The van der Waals surface area contributed by atoms with E-state index in [0.717, 1.165) is 29.9 Å². The first-order chi connectivity index (χ1) is 14.1. The average molecular weight is 395 g/mol. The Hall–Kier alpha value is -2.80. The van der Waals surface area contributed by atoms with Gasteiger partial charge in [0.05, 0.1) is 19.1 Å². The zero-order valence-electron chi connectivity index (χ0n) is 16.6. The highest BCUT2D eigenvalue weighted by molar-refractivity contribution is 5.78. The van der Waals surface area contributed by atoms with Gasteiger partial charge >= 0.3 is 0 Å². The van der Waals surface area contributed by atoms with Gasteiger partial charge in [0.25, 0.3) is 0 Å². The molecule has 4 rings (SSSR count). The lowest BCUT2D eigenvalue weighted by Gasteiger charge is -2.26. The summed E-state index contributed by atoms with van der Waals surface area (Å²) in [5, 5.41) is 11.6. The molecule has 1 aromatic carbocycles. The zero-order chi connectivity index (χ0) is 20.2. The molecule has 152 valence electrons. The lowest BCUT2D eigenvalue weighted by atomic mass is 9.91. The molecule has 6 nitrogen and oxygen atoms in total. The van der Waals surface area contributed by atoms with Gasteiger partial charge < -0.3 is 5.32 Å². The van der Waals surface area contributed by atoms with Crippen LogP contribution in [0.1, 0.15) is 43.1 Å². The van der Waals surface area contributed by atoms with Crippen LogP contribution in [0.3, 0.4) is 0 Å². The fraction of sp³-hybridized carbons (Fsp3) is 0.409. The highest BCUT2D eigenvalue weighted by atomic mass is 19.1. The molecule has 29 heavy (non-hydrogen) atoms. The van der Waals surface area contributed by atoms with Gasteiger partial charge in [0.2, 0.25) is 5.91 Å². The number of likely N-dealkylation sites (N-methyl/N-ethyl adjacent to an activating group) is 1. The van der Waals surface area contributed by atoms with E-state index in [-0.39, 0.29) is 24.3 Å². The van der Waals surface area contributed by atoms with Gasteiger partial charge in [-0.3, -0.25) is 14.1 Å². The van der Waals surface area contributed by atoms with Crippen molar-refractivity contribution in [3.63, 3.8) is 0 Å². The van der Waals surface area contributed by atoms with E-state index >= 15 is 0 Å². The number of rotatable bonds is 7. The molecule has 0 spiro atoms. The summed E-state index contributed by atoms with van der Waals surface area (Å²) in [7, 11) is 1.89. The summed E-state index contributed by atoms with van der Waals surface area (Å²) in [5.41, 5.74) is 1.76. The number of hydrogen-bond acceptors (Lipinski definition) is 4. The molecule has 1 atom stereocenters. The molecule has 0 radical (unpaired) electrons. The molecule has 1 aliphatic carbocycles. The molecular weight excluding hydrogens is 369 g/mol. The van der Waals surface area contributed by atoms with Crippen molar-refractivity contribution in [2.24, 2.45) is 5.92 Å². The van der Waals surface area contributed by atoms with E-state index in [2.05, 4.69) is 15.5 Å². The van der Waals surface area contributed by atoms with Gasteiger partial charge in [-0.1, -0.05) is 31.0 Å². The van der Waals surface area contributed by atoms with E-state index < -0.39 is 0 Å². The zero-order valence-corrected chi connectivity index (χ0v) is 16.6. The van der Waals surface area contributed by atoms with Crippen molar-refractivity contribution in [2.75, 3.05) is 13.6 Å².